The van der Waals surface area contributed by atoms with Crippen molar-refractivity contribution in [3.05, 3.63) is 86.9 Å². The van der Waals surface area contributed by atoms with E-state index in [1.54, 1.807) is 11.3 Å². The topological polar surface area (TPSA) is 69.8 Å². The first-order valence-corrected chi connectivity index (χ1v) is 13.5. The molecule has 5 rings (SSSR count). The lowest BCUT2D eigenvalue weighted by Gasteiger charge is -2.10. The maximum Gasteiger partial charge on any atom is 0.257 e. The molecule has 182 valence electrons. The van der Waals surface area contributed by atoms with Gasteiger partial charge in [0.25, 0.3) is 5.91 Å². The van der Waals surface area contributed by atoms with Gasteiger partial charge in [-0.15, -0.1) is 11.3 Å². The van der Waals surface area contributed by atoms with Gasteiger partial charge < -0.3 is 9.88 Å². The standard InChI is InChI=1S/C29H28N4OS2/c1-18-19(2)33(17-20-9-5-3-6-10-20)25-14-13-21(15-23(18)25)27(34)31-29(35)32-28-24(16-30)22-11-7-4-8-12-26(22)36-28/h3,5-6,9-10,13-15H,4,7-8,11-12,17H2,1-2H3,(H2,31,32,34,35). The van der Waals surface area contributed by atoms with Gasteiger partial charge >= 0.3 is 0 Å². The summed E-state index contributed by atoms with van der Waals surface area (Å²) >= 11 is 7.04. The van der Waals surface area contributed by atoms with Gasteiger partial charge in [0.15, 0.2) is 5.11 Å². The number of thiocarbonyl (C=S) groups is 1. The number of amides is 1. The number of thiophene rings is 1. The number of aromatic nitrogens is 1. The predicted octanol–water partition coefficient (Wildman–Crippen LogP) is 6.64. The van der Waals surface area contributed by atoms with E-state index < -0.39 is 0 Å². The molecule has 0 spiro atoms. The van der Waals surface area contributed by atoms with E-state index in [1.807, 2.05) is 24.3 Å². The Balaban J connectivity index is 1.34. The Morgan fingerprint density at radius 2 is 1.89 bits per heavy atom. The van der Waals surface area contributed by atoms with Gasteiger partial charge in [0.05, 0.1) is 5.56 Å². The molecule has 1 aliphatic carbocycles. The molecule has 2 N–H and O–H groups in total. The number of hydrogen-bond acceptors (Lipinski definition) is 4. The van der Waals surface area contributed by atoms with E-state index in [2.05, 4.69) is 59.4 Å². The summed E-state index contributed by atoms with van der Waals surface area (Å²) in [6, 6.07) is 18.5. The van der Waals surface area contributed by atoms with Crippen molar-refractivity contribution in [1.29, 1.82) is 5.26 Å². The van der Waals surface area contributed by atoms with Crippen molar-refractivity contribution in [3.63, 3.8) is 0 Å². The van der Waals surface area contributed by atoms with Crippen LogP contribution in [0.3, 0.4) is 0 Å². The van der Waals surface area contributed by atoms with Crippen molar-refractivity contribution < 1.29 is 4.79 Å². The second-order valence-corrected chi connectivity index (χ2v) is 10.8. The molecule has 1 amide bonds. The summed E-state index contributed by atoms with van der Waals surface area (Å²) in [4.78, 5) is 14.3. The SMILES string of the molecule is Cc1c(C)n(Cc2ccccc2)c2ccc(C(=O)NC(=S)Nc3sc4c(c3C#N)CCCCC4)cc12. The van der Waals surface area contributed by atoms with Crippen LogP contribution in [0.1, 0.15) is 62.4 Å². The molecule has 36 heavy (non-hydrogen) atoms. The molecule has 7 heteroatoms. The predicted molar refractivity (Wildman–Crippen MR) is 151 cm³/mol. The summed E-state index contributed by atoms with van der Waals surface area (Å²) in [5.74, 6) is -0.265. The summed E-state index contributed by atoms with van der Waals surface area (Å²) in [5.41, 5.74) is 7.05. The zero-order valence-electron chi connectivity index (χ0n) is 20.5. The van der Waals surface area contributed by atoms with Crippen molar-refractivity contribution >= 4 is 50.5 Å². The first-order valence-electron chi connectivity index (χ1n) is 12.3. The molecule has 0 bridgehead atoms. The summed E-state index contributed by atoms with van der Waals surface area (Å²) in [5, 5.41) is 17.7. The number of benzene rings is 2. The van der Waals surface area contributed by atoms with Gasteiger partial charge in [0.2, 0.25) is 0 Å². The van der Waals surface area contributed by atoms with E-state index in [9.17, 15) is 10.1 Å². The Labute approximate surface area is 220 Å². The normalized spacial score (nSPS) is 13.0. The first kappa shape index (κ1) is 24.2. The highest BCUT2D eigenvalue weighted by molar-refractivity contribution is 7.80. The molecule has 2 heterocycles. The fourth-order valence-corrected chi connectivity index (χ4v) is 6.52. The first-order chi connectivity index (χ1) is 17.5. The highest BCUT2D eigenvalue weighted by atomic mass is 32.1. The molecule has 0 atom stereocenters. The third kappa shape index (κ3) is 4.67. The number of nitrogens with zero attached hydrogens (tertiary/aromatic N) is 2. The van der Waals surface area contributed by atoms with Crippen LogP contribution in [0.5, 0.6) is 0 Å². The minimum atomic E-state index is -0.265. The van der Waals surface area contributed by atoms with Crippen LogP contribution >= 0.6 is 23.6 Å². The van der Waals surface area contributed by atoms with Gasteiger partial charge in [0, 0.05) is 33.6 Å². The van der Waals surface area contributed by atoms with Crippen LogP contribution in [-0.4, -0.2) is 15.6 Å². The van der Waals surface area contributed by atoms with Crippen LogP contribution in [0.15, 0.2) is 48.5 Å². The summed E-state index contributed by atoms with van der Waals surface area (Å²) in [6.07, 6.45) is 5.37. The number of carbonyl (C=O) groups is 1. The molecule has 0 radical (unpaired) electrons. The maximum atomic E-state index is 13.1. The van der Waals surface area contributed by atoms with Crippen LogP contribution in [0.25, 0.3) is 10.9 Å². The Kier molecular flexibility index (Phi) is 6.90. The summed E-state index contributed by atoms with van der Waals surface area (Å²) in [6.45, 7) is 4.99. The quantitative estimate of drug-likeness (QED) is 0.238. The number of rotatable bonds is 4. The number of fused-ring (bicyclic) bond motifs is 2. The van der Waals surface area contributed by atoms with E-state index in [1.165, 1.54) is 22.6 Å². The highest BCUT2D eigenvalue weighted by Gasteiger charge is 2.21. The number of anilines is 1. The van der Waals surface area contributed by atoms with E-state index in [-0.39, 0.29) is 11.0 Å². The Hall–Kier alpha value is -3.47. The lowest BCUT2D eigenvalue weighted by Crippen LogP contribution is -2.34. The highest BCUT2D eigenvalue weighted by Crippen LogP contribution is 2.37. The minimum Gasteiger partial charge on any atom is -0.340 e. The second-order valence-electron chi connectivity index (χ2n) is 9.30. The largest absolute Gasteiger partial charge is 0.340 e. The number of carbonyl (C=O) groups excluding carboxylic acids is 1. The molecule has 0 fully saturated rings. The molecule has 2 aromatic carbocycles. The summed E-state index contributed by atoms with van der Waals surface area (Å²) < 4.78 is 2.29. The zero-order chi connectivity index (χ0) is 25.2. The molecule has 0 saturated carbocycles. The molecule has 0 aliphatic heterocycles. The lowest BCUT2D eigenvalue weighted by molar-refractivity contribution is 0.0978. The average molecular weight is 513 g/mol. The van der Waals surface area contributed by atoms with Crippen LogP contribution in [-0.2, 0) is 19.4 Å². The Morgan fingerprint density at radius 3 is 2.67 bits per heavy atom. The van der Waals surface area contributed by atoms with Gasteiger partial charge in [-0.1, -0.05) is 36.8 Å². The van der Waals surface area contributed by atoms with Crippen molar-refractivity contribution in [2.75, 3.05) is 5.32 Å². The lowest BCUT2D eigenvalue weighted by atomic mass is 10.1. The van der Waals surface area contributed by atoms with E-state index in [4.69, 9.17) is 12.2 Å². The third-order valence-electron chi connectivity index (χ3n) is 7.07. The van der Waals surface area contributed by atoms with Gasteiger partial charge in [-0.25, -0.2) is 0 Å². The molecular formula is C29H28N4OS2. The van der Waals surface area contributed by atoms with Crippen molar-refractivity contribution in [2.45, 2.75) is 52.5 Å². The fraction of sp³-hybridized carbons (Fsp3) is 0.276. The van der Waals surface area contributed by atoms with Crippen LogP contribution in [0, 0.1) is 25.2 Å². The van der Waals surface area contributed by atoms with Crippen molar-refractivity contribution in [1.82, 2.24) is 9.88 Å². The number of nitrogens with one attached hydrogen (secondary N) is 2. The van der Waals surface area contributed by atoms with Crippen LogP contribution in [0.4, 0.5) is 5.00 Å². The van der Waals surface area contributed by atoms with Gasteiger partial charge in [0.1, 0.15) is 11.1 Å². The average Bonchev–Trinajstić information content (AvgIpc) is 3.20. The number of nitriles is 1. The van der Waals surface area contributed by atoms with Crippen molar-refractivity contribution in [2.24, 2.45) is 0 Å². The van der Waals surface area contributed by atoms with E-state index in [0.717, 1.165) is 59.3 Å². The van der Waals surface area contributed by atoms with Crippen LogP contribution in [0.2, 0.25) is 0 Å². The molecule has 0 saturated heterocycles. The number of aryl methyl sites for hydroxylation is 2. The monoisotopic (exact) mass is 512 g/mol. The Bertz CT molecular complexity index is 1510. The van der Waals surface area contributed by atoms with Gasteiger partial charge in [-0.3, -0.25) is 10.1 Å². The third-order valence-corrected chi connectivity index (χ3v) is 8.48. The van der Waals surface area contributed by atoms with Crippen molar-refractivity contribution in [3.8, 4) is 6.07 Å². The number of hydrogen-bond donors (Lipinski definition) is 2. The van der Waals surface area contributed by atoms with E-state index >= 15 is 0 Å². The van der Waals surface area contributed by atoms with Gasteiger partial charge in [-0.2, -0.15) is 5.26 Å². The summed E-state index contributed by atoms with van der Waals surface area (Å²) in [7, 11) is 0. The van der Waals surface area contributed by atoms with Crippen LogP contribution < -0.4 is 10.6 Å². The zero-order valence-corrected chi connectivity index (χ0v) is 22.1. The Morgan fingerprint density at radius 1 is 1.11 bits per heavy atom. The fourth-order valence-electron chi connectivity index (χ4n) is 5.02. The molecule has 5 nitrogen and oxygen atoms in total. The maximum absolute atomic E-state index is 13.1. The molecular weight excluding hydrogens is 484 g/mol. The molecule has 0 unspecified atom stereocenters. The second kappa shape index (κ2) is 10.3. The smallest absolute Gasteiger partial charge is 0.257 e. The minimum absolute atomic E-state index is 0.211. The van der Waals surface area contributed by atoms with E-state index in [0.29, 0.717) is 11.1 Å². The van der Waals surface area contributed by atoms with Gasteiger partial charge in [-0.05, 0) is 86.6 Å². The molecule has 1 aliphatic rings. The molecule has 4 aromatic rings. The molecule has 2 aromatic heterocycles.